The van der Waals surface area contributed by atoms with Crippen molar-refractivity contribution in [3.8, 4) is 11.5 Å². The maximum absolute atomic E-state index is 11.8. The van der Waals surface area contributed by atoms with Gasteiger partial charge in [-0.15, -0.1) is 0 Å². The third-order valence-electron chi connectivity index (χ3n) is 2.78. The van der Waals surface area contributed by atoms with Gasteiger partial charge in [-0.2, -0.15) is 0 Å². The van der Waals surface area contributed by atoms with Crippen LogP contribution in [0.4, 0.5) is 5.69 Å². The first-order valence-electron chi connectivity index (χ1n) is 6.15. The first-order valence-corrected chi connectivity index (χ1v) is 6.15. The van der Waals surface area contributed by atoms with Crippen molar-refractivity contribution in [2.45, 2.75) is 6.42 Å². The average molecular weight is 272 g/mol. The summed E-state index contributed by atoms with van der Waals surface area (Å²) in [5.74, 6) is 0.630. The van der Waals surface area contributed by atoms with Gasteiger partial charge in [0.2, 0.25) is 5.91 Å². The first-order chi connectivity index (χ1) is 9.69. The van der Waals surface area contributed by atoms with Crippen molar-refractivity contribution >= 4 is 11.6 Å². The number of ether oxygens (including phenoxy) is 1. The quantitative estimate of drug-likeness (QED) is 0.729. The zero-order valence-electron chi connectivity index (χ0n) is 11.1. The molecule has 20 heavy (non-hydrogen) atoms. The number of carbonyl (C=O) groups is 1. The van der Waals surface area contributed by atoms with Gasteiger partial charge in [0.05, 0.1) is 19.2 Å². The minimum Gasteiger partial charge on any atom is -0.508 e. The molecule has 2 aromatic rings. The number of methoxy groups -OCH3 is 1. The van der Waals surface area contributed by atoms with Gasteiger partial charge in [0.25, 0.3) is 0 Å². The SMILES string of the molecule is COc1ccc(NNC(=O)Cc2ccccc2O)cc1. The van der Waals surface area contributed by atoms with Gasteiger partial charge in [-0.3, -0.25) is 15.6 Å². The molecule has 0 aromatic heterocycles. The van der Waals surface area contributed by atoms with E-state index in [1.54, 1.807) is 55.6 Å². The van der Waals surface area contributed by atoms with Crippen LogP contribution in [-0.2, 0) is 11.2 Å². The topological polar surface area (TPSA) is 70.6 Å². The number of hydrogen-bond donors (Lipinski definition) is 3. The molecule has 1 amide bonds. The molecule has 0 radical (unpaired) electrons. The van der Waals surface area contributed by atoms with Crippen molar-refractivity contribution in [2.24, 2.45) is 0 Å². The van der Waals surface area contributed by atoms with Crippen molar-refractivity contribution in [2.75, 3.05) is 12.5 Å². The third kappa shape index (κ3) is 3.65. The van der Waals surface area contributed by atoms with Gasteiger partial charge in [0, 0.05) is 5.56 Å². The molecular weight excluding hydrogens is 256 g/mol. The predicted octanol–water partition coefficient (Wildman–Crippen LogP) is 2.09. The average Bonchev–Trinajstić information content (AvgIpc) is 2.48. The Morgan fingerprint density at radius 2 is 1.85 bits per heavy atom. The second-order valence-corrected chi connectivity index (χ2v) is 4.21. The number of phenolic OH excluding ortho intramolecular Hbond substituents is 1. The number of hydrogen-bond acceptors (Lipinski definition) is 4. The van der Waals surface area contributed by atoms with Crippen LogP contribution in [0.2, 0.25) is 0 Å². The Bertz CT molecular complexity index is 582. The summed E-state index contributed by atoms with van der Waals surface area (Å²) >= 11 is 0. The number of carbonyl (C=O) groups excluding carboxylic acids is 1. The number of anilines is 1. The standard InChI is InChI=1S/C15H16N2O3/c1-20-13-8-6-12(7-9-13)16-17-15(19)10-11-4-2-3-5-14(11)18/h2-9,16,18H,10H2,1H3,(H,17,19). The molecule has 0 saturated carbocycles. The highest BCUT2D eigenvalue weighted by Crippen LogP contribution is 2.16. The number of para-hydroxylation sites is 1. The smallest absolute Gasteiger partial charge is 0.242 e. The number of rotatable bonds is 5. The fourth-order valence-corrected chi connectivity index (χ4v) is 1.69. The van der Waals surface area contributed by atoms with Gasteiger partial charge in [-0.25, -0.2) is 0 Å². The van der Waals surface area contributed by atoms with Gasteiger partial charge < -0.3 is 9.84 Å². The lowest BCUT2D eigenvalue weighted by atomic mass is 10.1. The molecule has 0 heterocycles. The third-order valence-corrected chi connectivity index (χ3v) is 2.78. The lowest BCUT2D eigenvalue weighted by Gasteiger charge is -2.09. The van der Waals surface area contributed by atoms with Gasteiger partial charge in [-0.05, 0) is 30.3 Å². The van der Waals surface area contributed by atoms with E-state index in [0.29, 0.717) is 5.56 Å². The second-order valence-electron chi connectivity index (χ2n) is 4.21. The Labute approximate surface area is 117 Å². The van der Waals surface area contributed by atoms with Crippen molar-refractivity contribution in [1.82, 2.24) is 5.43 Å². The Hall–Kier alpha value is -2.69. The highest BCUT2D eigenvalue weighted by atomic mass is 16.5. The van der Waals surface area contributed by atoms with Crippen LogP contribution in [0.5, 0.6) is 11.5 Å². The summed E-state index contributed by atoms with van der Waals surface area (Å²) in [7, 11) is 1.59. The summed E-state index contributed by atoms with van der Waals surface area (Å²) in [6.07, 6.45) is 0.107. The van der Waals surface area contributed by atoms with E-state index in [4.69, 9.17) is 4.74 Å². The molecule has 0 bridgehead atoms. The molecule has 3 N–H and O–H groups in total. The summed E-state index contributed by atoms with van der Waals surface area (Å²) in [6.45, 7) is 0. The fraction of sp³-hybridized carbons (Fsp3) is 0.133. The molecule has 0 atom stereocenters. The summed E-state index contributed by atoms with van der Waals surface area (Å²) in [5.41, 5.74) is 6.70. The highest BCUT2D eigenvalue weighted by molar-refractivity contribution is 5.80. The van der Waals surface area contributed by atoms with E-state index in [0.717, 1.165) is 11.4 Å². The Morgan fingerprint density at radius 3 is 2.50 bits per heavy atom. The van der Waals surface area contributed by atoms with E-state index in [1.807, 2.05) is 0 Å². The first kappa shape index (κ1) is 13.7. The van der Waals surface area contributed by atoms with E-state index in [2.05, 4.69) is 10.9 Å². The van der Waals surface area contributed by atoms with E-state index in [9.17, 15) is 9.90 Å². The van der Waals surface area contributed by atoms with Crippen molar-refractivity contribution < 1.29 is 14.6 Å². The Balaban J connectivity index is 1.87. The molecule has 0 saturated heterocycles. The molecule has 0 fully saturated rings. The molecule has 5 heteroatoms. The van der Waals surface area contributed by atoms with Gasteiger partial charge in [0.1, 0.15) is 11.5 Å². The minimum atomic E-state index is -0.234. The van der Waals surface area contributed by atoms with Gasteiger partial charge in [-0.1, -0.05) is 18.2 Å². The predicted molar refractivity (Wildman–Crippen MR) is 76.6 cm³/mol. The number of aromatic hydroxyl groups is 1. The largest absolute Gasteiger partial charge is 0.508 e. The van der Waals surface area contributed by atoms with Crippen LogP contribution >= 0.6 is 0 Å². The van der Waals surface area contributed by atoms with E-state index in [-0.39, 0.29) is 18.1 Å². The van der Waals surface area contributed by atoms with Crippen molar-refractivity contribution in [1.29, 1.82) is 0 Å². The van der Waals surface area contributed by atoms with Gasteiger partial charge in [0.15, 0.2) is 0 Å². The van der Waals surface area contributed by atoms with Crippen LogP contribution in [0.1, 0.15) is 5.56 Å². The van der Waals surface area contributed by atoms with Crippen molar-refractivity contribution in [3.05, 3.63) is 54.1 Å². The second kappa shape index (κ2) is 6.47. The number of nitrogens with one attached hydrogen (secondary N) is 2. The summed E-state index contributed by atoms with van der Waals surface area (Å²) in [6, 6.07) is 13.9. The Morgan fingerprint density at radius 1 is 1.15 bits per heavy atom. The normalized spacial score (nSPS) is 9.85. The molecule has 2 rings (SSSR count). The van der Waals surface area contributed by atoms with Crippen LogP contribution in [0.3, 0.4) is 0 Å². The van der Waals surface area contributed by atoms with E-state index >= 15 is 0 Å². The molecule has 0 unspecified atom stereocenters. The molecule has 0 aliphatic heterocycles. The molecular formula is C15H16N2O3. The van der Waals surface area contributed by atoms with E-state index in [1.165, 1.54) is 0 Å². The summed E-state index contributed by atoms with van der Waals surface area (Å²) in [5, 5.41) is 9.59. The minimum absolute atomic E-state index is 0.107. The zero-order valence-corrected chi connectivity index (χ0v) is 11.1. The van der Waals surface area contributed by atoms with Gasteiger partial charge >= 0.3 is 0 Å². The van der Waals surface area contributed by atoms with Crippen LogP contribution in [0, 0.1) is 0 Å². The zero-order chi connectivity index (χ0) is 14.4. The van der Waals surface area contributed by atoms with Crippen LogP contribution < -0.4 is 15.6 Å². The van der Waals surface area contributed by atoms with E-state index < -0.39 is 0 Å². The molecule has 2 aromatic carbocycles. The highest BCUT2D eigenvalue weighted by Gasteiger charge is 2.06. The molecule has 0 aliphatic rings. The fourth-order valence-electron chi connectivity index (χ4n) is 1.69. The maximum Gasteiger partial charge on any atom is 0.242 e. The lowest BCUT2D eigenvalue weighted by Crippen LogP contribution is -2.30. The number of amides is 1. The van der Waals surface area contributed by atoms with Crippen molar-refractivity contribution in [3.63, 3.8) is 0 Å². The number of benzene rings is 2. The summed E-state index contributed by atoms with van der Waals surface area (Å²) < 4.78 is 5.04. The molecule has 5 nitrogen and oxygen atoms in total. The number of hydrazine groups is 1. The Kier molecular flexibility index (Phi) is 4.44. The monoisotopic (exact) mass is 272 g/mol. The molecule has 0 aliphatic carbocycles. The lowest BCUT2D eigenvalue weighted by molar-refractivity contribution is -0.119. The summed E-state index contributed by atoms with van der Waals surface area (Å²) in [4.78, 5) is 11.8. The van der Waals surface area contributed by atoms with Crippen LogP contribution in [0.25, 0.3) is 0 Å². The van der Waals surface area contributed by atoms with Crippen LogP contribution in [0.15, 0.2) is 48.5 Å². The van der Waals surface area contributed by atoms with Crippen LogP contribution in [-0.4, -0.2) is 18.1 Å². The molecule has 0 spiro atoms. The maximum atomic E-state index is 11.8. The molecule has 104 valence electrons. The number of phenols is 1.